The summed E-state index contributed by atoms with van der Waals surface area (Å²) < 4.78 is 27.6. The van der Waals surface area contributed by atoms with Crippen LogP contribution >= 0.6 is 0 Å². The number of nitrogens with one attached hydrogen (secondary N) is 1. The lowest BCUT2D eigenvalue weighted by molar-refractivity contribution is 0.0697. The van der Waals surface area contributed by atoms with Crippen molar-refractivity contribution < 1.29 is 18.7 Å². The van der Waals surface area contributed by atoms with Gasteiger partial charge in [-0.25, -0.2) is 28.5 Å². The van der Waals surface area contributed by atoms with Crippen LogP contribution in [0.15, 0.2) is 42.6 Å². The number of carboxylic acid groups (broad SMARTS) is 1. The van der Waals surface area contributed by atoms with Crippen molar-refractivity contribution in [1.82, 2.24) is 15.0 Å². The van der Waals surface area contributed by atoms with Crippen LogP contribution in [0.2, 0.25) is 0 Å². The van der Waals surface area contributed by atoms with Crippen LogP contribution in [-0.4, -0.2) is 32.1 Å². The molecule has 0 bridgehead atoms. The maximum atomic E-state index is 14.0. The normalized spacial score (nSPS) is 13.7. The molecule has 30 heavy (non-hydrogen) atoms. The van der Waals surface area contributed by atoms with Gasteiger partial charge in [-0.15, -0.1) is 0 Å². The molecule has 1 fully saturated rings. The first-order valence-electron chi connectivity index (χ1n) is 9.51. The zero-order valence-corrected chi connectivity index (χ0v) is 15.7. The molecule has 0 atom stereocenters. The Bertz CT molecular complexity index is 1320. The predicted molar refractivity (Wildman–Crippen MR) is 108 cm³/mol. The molecule has 150 valence electrons. The Morgan fingerprint density at radius 2 is 1.93 bits per heavy atom. The molecule has 0 aliphatic heterocycles. The lowest BCUT2D eigenvalue weighted by Crippen LogP contribution is -2.07. The van der Waals surface area contributed by atoms with Crippen LogP contribution in [0.5, 0.6) is 0 Å². The molecule has 4 aromatic rings. The molecule has 2 heterocycles. The second kappa shape index (κ2) is 6.98. The first kappa shape index (κ1) is 18.4. The largest absolute Gasteiger partial charge is 0.478 e. The smallest absolute Gasteiger partial charge is 0.335 e. The number of aromatic carboxylic acids is 1. The predicted octanol–water partition coefficient (Wildman–Crippen LogP) is 4.32. The van der Waals surface area contributed by atoms with Crippen molar-refractivity contribution in [2.24, 2.45) is 0 Å². The average molecular weight is 406 g/mol. The summed E-state index contributed by atoms with van der Waals surface area (Å²) in [6.07, 6.45) is 3.70. The van der Waals surface area contributed by atoms with E-state index < -0.39 is 17.6 Å². The standard InChI is InChI=1S/C22H16F2N4O2/c23-13-2-6-17(24)12(7-13)9-19-25-10-16-15-5-1-11(22(29)30)8-18(15)27-21(20(16)28-19)26-14-3-4-14/h1-2,5-8,10,14H,3-4,9H2,(H,26,27)(H,29,30). The average Bonchev–Trinajstić information content (AvgIpc) is 3.54. The molecule has 1 aliphatic carbocycles. The molecule has 0 amide bonds. The molecule has 2 aromatic carbocycles. The van der Waals surface area contributed by atoms with Crippen molar-refractivity contribution in [3.05, 3.63) is 71.2 Å². The molecule has 2 aromatic heterocycles. The summed E-state index contributed by atoms with van der Waals surface area (Å²) in [4.78, 5) is 24.9. The van der Waals surface area contributed by atoms with Crippen LogP contribution in [0.4, 0.5) is 14.6 Å². The van der Waals surface area contributed by atoms with Crippen LogP contribution in [0.3, 0.4) is 0 Å². The fourth-order valence-corrected chi connectivity index (χ4v) is 3.41. The van der Waals surface area contributed by atoms with Gasteiger partial charge in [0.25, 0.3) is 0 Å². The molecule has 1 aliphatic rings. The molecule has 5 rings (SSSR count). The highest BCUT2D eigenvalue weighted by Gasteiger charge is 2.24. The van der Waals surface area contributed by atoms with Gasteiger partial charge in [-0.05, 0) is 48.7 Å². The van der Waals surface area contributed by atoms with Gasteiger partial charge in [-0.2, -0.15) is 0 Å². The van der Waals surface area contributed by atoms with Gasteiger partial charge in [0.1, 0.15) is 23.0 Å². The minimum absolute atomic E-state index is 0.0401. The van der Waals surface area contributed by atoms with E-state index in [4.69, 9.17) is 0 Å². The molecule has 0 radical (unpaired) electrons. The summed E-state index contributed by atoms with van der Waals surface area (Å²) in [6.45, 7) is 0. The van der Waals surface area contributed by atoms with Crippen LogP contribution in [0.1, 0.15) is 34.6 Å². The maximum Gasteiger partial charge on any atom is 0.335 e. The topological polar surface area (TPSA) is 88.0 Å². The number of benzene rings is 2. The lowest BCUT2D eigenvalue weighted by Gasteiger charge is -2.12. The van der Waals surface area contributed by atoms with Gasteiger partial charge in [0.15, 0.2) is 5.82 Å². The van der Waals surface area contributed by atoms with Crippen molar-refractivity contribution in [3.8, 4) is 0 Å². The van der Waals surface area contributed by atoms with Crippen molar-refractivity contribution >= 4 is 33.6 Å². The maximum absolute atomic E-state index is 14.0. The first-order valence-corrected chi connectivity index (χ1v) is 9.51. The van der Waals surface area contributed by atoms with E-state index in [-0.39, 0.29) is 17.5 Å². The fourth-order valence-electron chi connectivity index (χ4n) is 3.41. The van der Waals surface area contributed by atoms with Gasteiger partial charge >= 0.3 is 5.97 Å². The number of hydrogen-bond donors (Lipinski definition) is 2. The molecule has 0 unspecified atom stereocenters. The zero-order chi connectivity index (χ0) is 20.8. The second-order valence-electron chi connectivity index (χ2n) is 7.38. The van der Waals surface area contributed by atoms with Gasteiger partial charge in [0, 0.05) is 29.4 Å². The summed E-state index contributed by atoms with van der Waals surface area (Å²) in [6, 6.07) is 8.30. The highest BCUT2D eigenvalue weighted by atomic mass is 19.1. The number of aromatic nitrogens is 3. The van der Waals surface area contributed by atoms with E-state index in [1.807, 2.05) is 0 Å². The van der Waals surface area contributed by atoms with E-state index >= 15 is 0 Å². The third-order valence-electron chi connectivity index (χ3n) is 5.10. The molecular formula is C22H16F2N4O2. The van der Waals surface area contributed by atoms with Crippen LogP contribution in [0.25, 0.3) is 21.8 Å². The van der Waals surface area contributed by atoms with Crippen molar-refractivity contribution in [3.63, 3.8) is 0 Å². The molecular weight excluding hydrogens is 390 g/mol. The minimum atomic E-state index is -1.03. The highest BCUT2D eigenvalue weighted by Crippen LogP contribution is 2.32. The number of carboxylic acids is 1. The quantitative estimate of drug-likeness (QED) is 0.480. The summed E-state index contributed by atoms with van der Waals surface area (Å²) in [5, 5.41) is 14.0. The lowest BCUT2D eigenvalue weighted by atomic mass is 10.1. The molecule has 2 N–H and O–H groups in total. The Morgan fingerprint density at radius 1 is 1.10 bits per heavy atom. The first-order chi connectivity index (χ1) is 14.5. The molecule has 1 saturated carbocycles. The zero-order valence-electron chi connectivity index (χ0n) is 15.7. The number of rotatable bonds is 5. The molecule has 8 heteroatoms. The van der Waals surface area contributed by atoms with Crippen LogP contribution < -0.4 is 5.32 Å². The highest BCUT2D eigenvalue weighted by molar-refractivity contribution is 6.09. The Kier molecular flexibility index (Phi) is 4.27. The van der Waals surface area contributed by atoms with Gasteiger partial charge in [0.05, 0.1) is 11.1 Å². The number of hydrogen-bond acceptors (Lipinski definition) is 5. The minimum Gasteiger partial charge on any atom is -0.478 e. The summed E-state index contributed by atoms with van der Waals surface area (Å²) in [5.41, 5.74) is 1.41. The van der Waals surface area contributed by atoms with E-state index in [1.165, 1.54) is 12.1 Å². The number of anilines is 1. The Morgan fingerprint density at radius 3 is 2.70 bits per heavy atom. The van der Waals surface area contributed by atoms with E-state index in [0.717, 1.165) is 36.4 Å². The number of carbonyl (C=O) groups is 1. The van der Waals surface area contributed by atoms with Crippen LogP contribution in [-0.2, 0) is 6.42 Å². The van der Waals surface area contributed by atoms with E-state index in [2.05, 4.69) is 20.3 Å². The monoisotopic (exact) mass is 406 g/mol. The van der Waals surface area contributed by atoms with Crippen molar-refractivity contribution in [2.75, 3.05) is 5.32 Å². The number of nitrogens with zero attached hydrogens (tertiary/aromatic N) is 3. The van der Waals surface area contributed by atoms with E-state index in [9.17, 15) is 18.7 Å². The van der Waals surface area contributed by atoms with E-state index in [1.54, 1.807) is 12.3 Å². The Labute approximate surface area is 169 Å². The third kappa shape index (κ3) is 3.41. The van der Waals surface area contributed by atoms with Crippen molar-refractivity contribution in [2.45, 2.75) is 25.3 Å². The van der Waals surface area contributed by atoms with Crippen molar-refractivity contribution in [1.29, 1.82) is 0 Å². The number of halogens is 2. The van der Waals surface area contributed by atoms with Gasteiger partial charge in [0.2, 0.25) is 0 Å². The van der Waals surface area contributed by atoms with E-state index in [0.29, 0.717) is 34.1 Å². The Hall–Kier alpha value is -3.68. The Balaban J connectivity index is 1.65. The fraction of sp³-hybridized carbons (Fsp3) is 0.182. The number of pyridine rings is 1. The molecule has 0 saturated heterocycles. The second-order valence-corrected chi connectivity index (χ2v) is 7.38. The summed E-state index contributed by atoms with van der Waals surface area (Å²) >= 11 is 0. The van der Waals surface area contributed by atoms with Crippen LogP contribution in [0, 0.1) is 11.6 Å². The third-order valence-corrected chi connectivity index (χ3v) is 5.10. The summed E-state index contributed by atoms with van der Waals surface area (Å²) in [5.74, 6) is -1.20. The number of fused-ring (bicyclic) bond motifs is 3. The van der Waals surface area contributed by atoms with Gasteiger partial charge in [-0.3, -0.25) is 0 Å². The molecule has 6 nitrogen and oxygen atoms in total. The summed E-state index contributed by atoms with van der Waals surface area (Å²) in [7, 11) is 0. The molecule has 0 spiro atoms. The van der Waals surface area contributed by atoms with Gasteiger partial charge in [-0.1, -0.05) is 6.07 Å². The van der Waals surface area contributed by atoms with Gasteiger partial charge < -0.3 is 10.4 Å². The SMILES string of the molecule is O=C(O)c1ccc2c(c1)nc(NC1CC1)c1nc(Cc3cc(F)ccc3F)ncc12.